The van der Waals surface area contributed by atoms with Crippen LogP contribution in [0.4, 0.5) is 5.69 Å². The first-order valence-electron chi connectivity index (χ1n) is 4.80. The summed E-state index contributed by atoms with van der Waals surface area (Å²) in [5, 5.41) is 13.4. The highest BCUT2D eigenvalue weighted by molar-refractivity contribution is 7.85. The van der Waals surface area contributed by atoms with Crippen LogP contribution in [-0.2, 0) is 14.9 Å². The van der Waals surface area contributed by atoms with Gasteiger partial charge in [-0.15, -0.1) is 0 Å². The van der Waals surface area contributed by atoms with Crippen LogP contribution in [0.1, 0.15) is 6.42 Å². The average Bonchev–Trinajstić information content (AvgIpc) is 2.70. The normalized spacial score (nSPS) is 15.4. The molecule has 1 aliphatic rings. The van der Waals surface area contributed by atoms with E-state index in [1.165, 1.54) is 12.1 Å². The number of carbonyl (C=O) groups is 1. The highest BCUT2D eigenvalue weighted by Crippen LogP contribution is 2.22. The molecule has 0 atom stereocenters. The van der Waals surface area contributed by atoms with Gasteiger partial charge in [0.25, 0.3) is 16.0 Å². The van der Waals surface area contributed by atoms with E-state index in [4.69, 9.17) is 9.81 Å². The monoisotopic (exact) mass is 265 g/mol. The second kappa shape index (κ2) is 4.21. The molecule has 92 valence electrons. The first-order chi connectivity index (χ1) is 8.41. The molecule has 0 saturated heterocycles. The van der Waals surface area contributed by atoms with Gasteiger partial charge >= 0.3 is 0 Å². The van der Waals surface area contributed by atoms with Crippen molar-refractivity contribution in [3.8, 4) is 6.07 Å². The van der Waals surface area contributed by atoms with Crippen molar-refractivity contribution in [1.82, 2.24) is 0 Å². The molecule has 0 bridgehead atoms. The van der Waals surface area contributed by atoms with E-state index in [0.29, 0.717) is 5.69 Å². The average molecular weight is 265 g/mol. The van der Waals surface area contributed by atoms with Crippen molar-refractivity contribution in [2.24, 2.45) is 5.10 Å². The molecule has 1 N–H and O–H groups in total. The lowest BCUT2D eigenvalue weighted by Crippen LogP contribution is -2.19. The van der Waals surface area contributed by atoms with Crippen LogP contribution in [0.25, 0.3) is 0 Å². The van der Waals surface area contributed by atoms with Crippen molar-refractivity contribution < 1.29 is 17.8 Å². The second-order valence-electron chi connectivity index (χ2n) is 3.51. The third kappa shape index (κ3) is 2.22. The Morgan fingerprint density at radius 1 is 1.33 bits per heavy atom. The Bertz CT molecular complexity index is 670. The number of hydrogen-bond acceptors (Lipinski definition) is 5. The molecule has 18 heavy (non-hydrogen) atoms. The van der Waals surface area contributed by atoms with Crippen molar-refractivity contribution in [1.29, 1.82) is 5.26 Å². The van der Waals surface area contributed by atoms with Gasteiger partial charge in [0.1, 0.15) is 11.8 Å². The van der Waals surface area contributed by atoms with Crippen LogP contribution in [0, 0.1) is 11.3 Å². The quantitative estimate of drug-likeness (QED) is 0.785. The van der Waals surface area contributed by atoms with Crippen molar-refractivity contribution >= 4 is 27.4 Å². The fraction of sp³-hybridized carbons (Fsp3) is 0.100. The molecule has 1 aliphatic heterocycles. The standard InChI is InChI=1S/C10H7N3O4S/c11-6-7-5-10(14)13(12-7)8-1-3-9(4-2-8)18(15,16)17/h1-4H,5H2,(H,15,16,17). The Labute approximate surface area is 103 Å². The molecule has 1 amide bonds. The highest BCUT2D eigenvalue weighted by Gasteiger charge is 2.25. The lowest BCUT2D eigenvalue weighted by Gasteiger charge is -2.11. The van der Waals surface area contributed by atoms with Gasteiger partial charge in [0, 0.05) is 0 Å². The molecule has 1 heterocycles. The number of nitrogens with zero attached hydrogens (tertiary/aromatic N) is 3. The maximum atomic E-state index is 11.5. The molecule has 8 heteroatoms. The molecule has 0 fully saturated rings. The van der Waals surface area contributed by atoms with E-state index in [9.17, 15) is 13.2 Å². The predicted octanol–water partition coefficient (Wildman–Crippen LogP) is 0.550. The zero-order chi connectivity index (χ0) is 13.3. The number of rotatable bonds is 2. The Hall–Kier alpha value is -2.24. The summed E-state index contributed by atoms with van der Waals surface area (Å²) < 4.78 is 30.5. The fourth-order valence-electron chi connectivity index (χ4n) is 1.45. The third-order valence-electron chi connectivity index (χ3n) is 2.28. The summed E-state index contributed by atoms with van der Waals surface area (Å²) in [6, 6.07) is 6.73. The highest BCUT2D eigenvalue weighted by atomic mass is 32.2. The number of carbonyl (C=O) groups excluding carboxylic acids is 1. The minimum atomic E-state index is -4.26. The summed E-state index contributed by atoms with van der Waals surface area (Å²) in [7, 11) is -4.26. The van der Waals surface area contributed by atoms with Gasteiger partial charge in [-0.1, -0.05) is 0 Å². The summed E-state index contributed by atoms with van der Waals surface area (Å²) in [6.07, 6.45) is -0.0729. The maximum Gasteiger partial charge on any atom is 0.294 e. The van der Waals surface area contributed by atoms with Crippen molar-refractivity contribution in [2.45, 2.75) is 11.3 Å². The largest absolute Gasteiger partial charge is 0.294 e. The van der Waals surface area contributed by atoms with Crippen LogP contribution in [0.5, 0.6) is 0 Å². The number of hydrazone groups is 1. The van der Waals surface area contributed by atoms with Crippen LogP contribution >= 0.6 is 0 Å². The van der Waals surface area contributed by atoms with Gasteiger partial charge in [-0.05, 0) is 24.3 Å². The summed E-state index contributed by atoms with van der Waals surface area (Å²) in [6.45, 7) is 0. The number of hydrogen-bond donors (Lipinski definition) is 1. The lowest BCUT2D eigenvalue weighted by molar-refractivity contribution is -0.116. The topological polar surface area (TPSA) is 111 Å². The first-order valence-corrected chi connectivity index (χ1v) is 6.24. The van der Waals surface area contributed by atoms with Crippen molar-refractivity contribution in [3.05, 3.63) is 24.3 Å². The summed E-state index contributed by atoms with van der Waals surface area (Å²) in [5.74, 6) is -0.369. The van der Waals surface area contributed by atoms with Gasteiger partial charge in [-0.25, -0.2) is 0 Å². The summed E-state index contributed by atoms with van der Waals surface area (Å²) >= 11 is 0. The van der Waals surface area contributed by atoms with E-state index in [-0.39, 0.29) is 22.9 Å². The third-order valence-corrected chi connectivity index (χ3v) is 3.15. The molecule has 0 radical (unpaired) electrons. The van der Waals surface area contributed by atoms with Gasteiger partial charge in [0.2, 0.25) is 0 Å². The Balaban J connectivity index is 2.35. The number of anilines is 1. The zero-order valence-corrected chi connectivity index (χ0v) is 9.75. The molecular formula is C10H7N3O4S. The Morgan fingerprint density at radius 3 is 2.39 bits per heavy atom. The molecular weight excluding hydrogens is 258 g/mol. The number of nitriles is 1. The molecule has 0 aliphatic carbocycles. The molecule has 0 saturated carbocycles. The summed E-state index contributed by atoms with van der Waals surface area (Å²) in [4.78, 5) is 11.2. The van der Waals surface area contributed by atoms with E-state index in [1.807, 2.05) is 0 Å². The second-order valence-corrected chi connectivity index (χ2v) is 4.93. The predicted molar refractivity (Wildman–Crippen MR) is 61.4 cm³/mol. The molecule has 7 nitrogen and oxygen atoms in total. The van der Waals surface area contributed by atoms with E-state index in [1.54, 1.807) is 6.07 Å². The summed E-state index contributed by atoms with van der Waals surface area (Å²) in [5.41, 5.74) is 0.427. The minimum absolute atomic E-state index is 0.0729. The van der Waals surface area contributed by atoms with Gasteiger partial charge in [-0.3, -0.25) is 9.35 Å². The molecule has 0 unspecified atom stereocenters. The smallest absolute Gasteiger partial charge is 0.282 e. The van der Waals surface area contributed by atoms with E-state index in [2.05, 4.69) is 5.10 Å². The van der Waals surface area contributed by atoms with Crippen molar-refractivity contribution in [2.75, 3.05) is 5.01 Å². The Kier molecular flexibility index (Phi) is 2.86. The number of amides is 1. The molecule has 1 aromatic rings. The SMILES string of the molecule is N#CC1=NN(c2ccc(S(=O)(=O)O)cc2)C(=O)C1. The molecule has 0 spiro atoms. The fourth-order valence-corrected chi connectivity index (χ4v) is 1.93. The maximum absolute atomic E-state index is 11.5. The minimum Gasteiger partial charge on any atom is -0.282 e. The molecule has 2 rings (SSSR count). The van der Waals surface area contributed by atoms with Crippen LogP contribution < -0.4 is 5.01 Å². The van der Waals surface area contributed by atoms with Gasteiger partial charge in [0.05, 0.1) is 17.0 Å². The van der Waals surface area contributed by atoms with Crippen LogP contribution in [0.3, 0.4) is 0 Å². The van der Waals surface area contributed by atoms with Crippen molar-refractivity contribution in [3.63, 3.8) is 0 Å². The van der Waals surface area contributed by atoms with Gasteiger partial charge in [0.15, 0.2) is 0 Å². The van der Waals surface area contributed by atoms with E-state index >= 15 is 0 Å². The molecule has 0 aromatic heterocycles. The van der Waals surface area contributed by atoms with Crippen LogP contribution in [0.15, 0.2) is 34.3 Å². The first kappa shape index (κ1) is 12.2. The Morgan fingerprint density at radius 2 is 1.94 bits per heavy atom. The van der Waals surface area contributed by atoms with Gasteiger partial charge in [-0.2, -0.15) is 23.8 Å². The zero-order valence-electron chi connectivity index (χ0n) is 8.94. The number of benzene rings is 1. The van der Waals surface area contributed by atoms with E-state index < -0.39 is 10.1 Å². The molecule has 1 aromatic carbocycles. The van der Waals surface area contributed by atoms with Crippen LogP contribution in [-0.4, -0.2) is 24.6 Å². The van der Waals surface area contributed by atoms with Crippen LogP contribution in [0.2, 0.25) is 0 Å². The lowest BCUT2D eigenvalue weighted by atomic mass is 10.3. The van der Waals surface area contributed by atoms with E-state index in [0.717, 1.165) is 17.1 Å². The van der Waals surface area contributed by atoms with Gasteiger partial charge < -0.3 is 0 Å².